The van der Waals surface area contributed by atoms with E-state index in [0.717, 1.165) is 29.5 Å². The maximum absolute atomic E-state index is 5.40. The molecule has 0 unspecified atom stereocenters. The summed E-state index contributed by atoms with van der Waals surface area (Å²) in [5, 5.41) is 3.51. The van der Waals surface area contributed by atoms with Crippen LogP contribution < -0.4 is 10.1 Å². The van der Waals surface area contributed by atoms with Crippen LogP contribution >= 0.6 is 0 Å². The van der Waals surface area contributed by atoms with E-state index in [2.05, 4.69) is 22.4 Å². The van der Waals surface area contributed by atoms with E-state index in [-0.39, 0.29) is 0 Å². The molecular weight excluding hydrogens is 236 g/mol. The molecule has 0 radical (unpaired) electrons. The molecule has 1 aromatic heterocycles. The molecule has 0 spiro atoms. The summed E-state index contributed by atoms with van der Waals surface area (Å²) in [6.07, 6.45) is 6.42. The first-order valence-corrected chi connectivity index (χ1v) is 6.67. The number of benzene rings is 1. The van der Waals surface area contributed by atoms with Crippen molar-refractivity contribution in [2.75, 3.05) is 7.11 Å². The first-order valence-electron chi connectivity index (χ1n) is 6.67. The van der Waals surface area contributed by atoms with Gasteiger partial charge in [-0.3, -0.25) is 4.98 Å². The van der Waals surface area contributed by atoms with Gasteiger partial charge in [0.25, 0.3) is 0 Å². The van der Waals surface area contributed by atoms with E-state index in [1.165, 1.54) is 18.4 Å². The molecule has 0 amide bonds. The average molecular weight is 254 g/mol. The summed E-state index contributed by atoms with van der Waals surface area (Å²) >= 11 is 0. The summed E-state index contributed by atoms with van der Waals surface area (Å²) in [6, 6.07) is 10.9. The van der Waals surface area contributed by atoms with E-state index in [1.807, 2.05) is 30.6 Å². The molecule has 0 saturated heterocycles. The number of nitrogens with zero attached hydrogens (tertiary/aromatic N) is 1. The highest BCUT2D eigenvalue weighted by molar-refractivity contribution is 5.70. The molecule has 2 aromatic rings. The lowest BCUT2D eigenvalue weighted by molar-refractivity contribution is 0.416. The third-order valence-electron chi connectivity index (χ3n) is 3.39. The Kier molecular flexibility index (Phi) is 3.47. The van der Waals surface area contributed by atoms with E-state index < -0.39 is 0 Å². The lowest BCUT2D eigenvalue weighted by Gasteiger charge is -2.09. The minimum Gasteiger partial charge on any atom is -0.496 e. The molecule has 0 atom stereocenters. The Morgan fingerprint density at radius 3 is 2.89 bits per heavy atom. The van der Waals surface area contributed by atoms with Gasteiger partial charge in [0.2, 0.25) is 0 Å². The van der Waals surface area contributed by atoms with Gasteiger partial charge in [0.05, 0.1) is 7.11 Å². The van der Waals surface area contributed by atoms with Crippen LogP contribution in [0.4, 0.5) is 0 Å². The normalized spacial score (nSPS) is 14.4. The largest absolute Gasteiger partial charge is 0.496 e. The fourth-order valence-electron chi connectivity index (χ4n) is 2.16. The van der Waals surface area contributed by atoms with Crippen LogP contribution in [0.5, 0.6) is 5.75 Å². The second-order valence-electron chi connectivity index (χ2n) is 4.94. The van der Waals surface area contributed by atoms with Crippen molar-refractivity contribution in [2.24, 2.45) is 0 Å². The van der Waals surface area contributed by atoms with Gasteiger partial charge in [0, 0.05) is 36.1 Å². The van der Waals surface area contributed by atoms with Crippen molar-refractivity contribution in [3.8, 4) is 16.9 Å². The summed E-state index contributed by atoms with van der Waals surface area (Å²) in [5.41, 5.74) is 3.41. The van der Waals surface area contributed by atoms with E-state index in [1.54, 1.807) is 7.11 Å². The summed E-state index contributed by atoms with van der Waals surface area (Å²) in [5.74, 6) is 0.886. The minimum absolute atomic E-state index is 0.718. The molecule has 1 heterocycles. The van der Waals surface area contributed by atoms with Crippen LogP contribution in [0.2, 0.25) is 0 Å². The maximum atomic E-state index is 5.40. The van der Waals surface area contributed by atoms with Crippen LogP contribution in [-0.2, 0) is 6.54 Å². The van der Waals surface area contributed by atoms with Gasteiger partial charge in [-0.2, -0.15) is 0 Å². The Morgan fingerprint density at radius 2 is 2.11 bits per heavy atom. The summed E-state index contributed by atoms with van der Waals surface area (Å²) < 4.78 is 5.40. The van der Waals surface area contributed by atoms with Gasteiger partial charge in [-0.1, -0.05) is 18.2 Å². The van der Waals surface area contributed by atoms with Crippen molar-refractivity contribution in [3.05, 3.63) is 48.3 Å². The monoisotopic (exact) mass is 254 g/mol. The van der Waals surface area contributed by atoms with Crippen molar-refractivity contribution in [3.63, 3.8) is 0 Å². The van der Waals surface area contributed by atoms with Crippen molar-refractivity contribution >= 4 is 0 Å². The maximum Gasteiger partial charge on any atom is 0.126 e. The van der Waals surface area contributed by atoms with Gasteiger partial charge in [-0.05, 0) is 30.5 Å². The first-order chi connectivity index (χ1) is 9.36. The smallest absolute Gasteiger partial charge is 0.126 e. The van der Waals surface area contributed by atoms with E-state index in [0.29, 0.717) is 0 Å². The van der Waals surface area contributed by atoms with Crippen molar-refractivity contribution in [2.45, 2.75) is 25.4 Å². The Labute approximate surface area is 113 Å². The fourth-order valence-corrected chi connectivity index (χ4v) is 2.16. The molecule has 1 aromatic carbocycles. The number of para-hydroxylation sites is 1. The molecule has 0 bridgehead atoms. The first kappa shape index (κ1) is 12.2. The Morgan fingerprint density at radius 1 is 1.26 bits per heavy atom. The zero-order valence-electron chi connectivity index (χ0n) is 11.1. The quantitative estimate of drug-likeness (QED) is 0.890. The molecule has 1 aliphatic rings. The molecule has 3 rings (SSSR count). The van der Waals surface area contributed by atoms with Crippen LogP contribution in [0, 0.1) is 0 Å². The third kappa shape index (κ3) is 2.93. The summed E-state index contributed by atoms with van der Waals surface area (Å²) in [6.45, 7) is 0.890. The van der Waals surface area contributed by atoms with Gasteiger partial charge >= 0.3 is 0 Å². The minimum atomic E-state index is 0.718. The molecule has 1 aliphatic carbocycles. The molecule has 19 heavy (non-hydrogen) atoms. The highest BCUT2D eigenvalue weighted by Gasteiger charge is 2.20. The number of ether oxygens (including phenoxy) is 1. The van der Waals surface area contributed by atoms with Crippen molar-refractivity contribution in [1.82, 2.24) is 10.3 Å². The molecule has 1 fully saturated rings. The van der Waals surface area contributed by atoms with Crippen molar-refractivity contribution in [1.29, 1.82) is 0 Å². The van der Waals surface area contributed by atoms with E-state index in [4.69, 9.17) is 4.74 Å². The van der Waals surface area contributed by atoms with Crippen LogP contribution in [-0.4, -0.2) is 18.1 Å². The number of nitrogens with one attached hydrogen (secondary N) is 1. The standard InChI is InChI=1S/C16H18N2O/c1-19-16-5-3-2-4-15(16)13-8-12(9-17-11-13)10-18-14-6-7-14/h2-5,8-9,11,14,18H,6-7,10H2,1H3. The second kappa shape index (κ2) is 5.41. The van der Waals surface area contributed by atoms with Crippen LogP contribution in [0.25, 0.3) is 11.1 Å². The Bertz CT molecular complexity index is 564. The number of hydrogen-bond acceptors (Lipinski definition) is 3. The predicted molar refractivity (Wildman–Crippen MR) is 76.1 cm³/mol. The molecule has 1 saturated carbocycles. The lowest BCUT2D eigenvalue weighted by atomic mass is 10.0. The van der Waals surface area contributed by atoms with Gasteiger partial charge in [-0.25, -0.2) is 0 Å². The topological polar surface area (TPSA) is 34.1 Å². The summed E-state index contributed by atoms with van der Waals surface area (Å²) in [4.78, 5) is 4.34. The number of rotatable bonds is 5. The Balaban J connectivity index is 1.84. The van der Waals surface area contributed by atoms with E-state index >= 15 is 0 Å². The van der Waals surface area contributed by atoms with Crippen LogP contribution in [0.15, 0.2) is 42.7 Å². The number of aromatic nitrogens is 1. The lowest BCUT2D eigenvalue weighted by Crippen LogP contribution is -2.15. The fraction of sp³-hybridized carbons (Fsp3) is 0.312. The van der Waals surface area contributed by atoms with Gasteiger partial charge in [-0.15, -0.1) is 0 Å². The van der Waals surface area contributed by atoms with Gasteiger partial charge in [0.15, 0.2) is 0 Å². The second-order valence-corrected chi connectivity index (χ2v) is 4.94. The molecule has 1 N–H and O–H groups in total. The van der Waals surface area contributed by atoms with Crippen LogP contribution in [0.1, 0.15) is 18.4 Å². The number of pyridine rings is 1. The number of hydrogen-bond donors (Lipinski definition) is 1. The van der Waals surface area contributed by atoms with Crippen LogP contribution in [0.3, 0.4) is 0 Å². The van der Waals surface area contributed by atoms with Gasteiger partial charge < -0.3 is 10.1 Å². The molecular formula is C16H18N2O. The molecule has 3 nitrogen and oxygen atoms in total. The third-order valence-corrected chi connectivity index (χ3v) is 3.39. The van der Waals surface area contributed by atoms with Crippen molar-refractivity contribution < 1.29 is 4.74 Å². The molecule has 3 heteroatoms. The molecule has 0 aliphatic heterocycles. The predicted octanol–water partition coefficient (Wildman–Crippen LogP) is 3.01. The number of methoxy groups -OCH3 is 1. The zero-order chi connectivity index (χ0) is 13.1. The van der Waals surface area contributed by atoms with E-state index in [9.17, 15) is 0 Å². The SMILES string of the molecule is COc1ccccc1-c1cncc(CNC2CC2)c1. The Hall–Kier alpha value is -1.87. The highest BCUT2D eigenvalue weighted by Crippen LogP contribution is 2.29. The average Bonchev–Trinajstić information content (AvgIpc) is 3.29. The zero-order valence-corrected chi connectivity index (χ0v) is 11.1. The summed E-state index contributed by atoms with van der Waals surface area (Å²) in [7, 11) is 1.70. The highest BCUT2D eigenvalue weighted by atomic mass is 16.5. The molecule has 98 valence electrons. The van der Waals surface area contributed by atoms with Gasteiger partial charge in [0.1, 0.15) is 5.75 Å².